The van der Waals surface area contributed by atoms with Crippen LogP contribution in [0.1, 0.15) is 22.8 Å². The highest BCUT2D eigenvalue weighted by molar-refractivity contribution is 6.46. The molecule has 5 heteroatoms. The third-order valence-electron chi connectivity index (χ3n) is 3.99. The predicted molar refractivity (Wildman–Crippen MR) is 93.1 cm³/mol. The first-order chi connectivity index (χ1) is 11.6. The maximum Gasteiger partial charge on any atom is 0.355 e. The Labute approximate surface area is 140 Å². The molecule has 0 bridgehead atoms. The van der Waals surface area contributed by atoms with E-state index in [-0.39, 0.29) is 11.5 Å². The van der Waals surface area contributed by atoms with Gasteiger partial charge >= 0.3 is 5.97 Å². The lowest BCUT2D eigenvalue weighted by Gasteiger charge is -2.24. The van der Waals surface area contributed by atoms with E-state index in [0.29, 0.717) is 11.3 Å². The van der Waals surface area contributed by atoms with Crippen LogP contribution in [0.5, 0.6) is 0 Å². The Bertz CT molecular complexity index is 827. The van der Waals surface area contributed by atoms with Crippen LogP contribution in [0.2, 0.25) is 0 Å². The zero-order valence-electron chi connectivity index (χ0n) is 13.6. The normalized spacial score (nSPS) is 16.2. The van der Waals surface area contributed by atoms with Crippen molar-refractivity contribution < 1.29 is 14.3 Å². The molecule has 3 rings (SSSR count). The molecule has 0 spiro atoms. The molecule has 0 aliphatic carbocycles. The molecule has 24 heavy (non-hydrogen) atoms. The van der Waals surface area contributed by atoms with Gasteiger partial charge in [-0.3, -0.25) is 4.79 Å². The average molecular weight is 322 g/mol. The Hall–Kier alpha value is -2.95. The summed E-state index contributed by atoms with van der Waals surface area (Å²) in [4.78, 5) is 29.3. The fraction of sp³-hybridized carbons (Fsp3) is 0.211. The summed E-state index contributed by atoms with van der Waals surface area (Å²) in [6.45, 7) is 2.06. The Balaban J connectivity index is 2.01. The van der Waals surface area contributed by atoms with Crippen LogP contribution in [-0.2, 0) is 16.0 Å². The standard InChI is InChI=1S/C19H18N2O3/c1-3-12-7-6-8-13(11-12)20-16-17(19(23)24-2)21-15-10-5-4-9-14(15)18(16)22/h4-11,16,20H,3H2,1-2H3. The van der Waals surface area contributed by atoms with E-state index >= 15 is 0 Å². The molecule has 0 aromatic heterocycles. The summed E-state index contributed by atoms with van der Waals surface area (Å²) in [6.07, 6.45) is 0.884. The highest BCUT2D eigenvalue weighted by atomic mass is 16.5. The molecular weight excluding hydrogens is 304 g/mol. The van der Waals surface area contributed by atoms with E-state index in [1.54, 1.807) is 24.3 Å². The molecule has 0 radical (unpaired) electrons. The van der Waals surface area contributed by atoms with E-state index in [1.807, 2.05) is 24.3 Å². The Kier molecular flexibility index (Phi) is 4.42. The lowest BCUT2D eigenvalue weighted by atomic mass is 9.94. The molecule has 5 nitrogen and oxygen atoms in total. The van der Waals surface area contributed by atoms with Crippen molar-refractivity contribution in [3.63, 3.8) is 0 Å². The van der Waals surface area contributed by atoms with Crippen LogP contribution in [0.25, 0.3) is 0 Å². The monoisotopic (exact) mass is 322 g/mol. The van der Waals surface area contributed by atoms with E-state index in [2.05, 4.69) is 17.2 Å². The number of carbonyl (C=O) groups is 2. The second kappa shape index (κ2) is 6.66. The number of ketones is 1. The van der Waals surface area contributed by atoms with Gasteiger partial charge in [-0.15, -0.1) is 0 Å². The molecule has 1 unspecified atom stereocenters. The number of para-hydroxylation sites is 1. The number of nitrogens with one attached hydrogen (secondary N) is 1. The number of methoxy groups -OCH3 is 1. The zero-order chi connectivity index (χ0) is 17.1. The summed E-state index contributed by atoms with van der Waals surface area (Å²) >= 11 is 0. The lowest BCUT2D eigenvalue weighted by Crippen LogP contribution is -2.44. The number of aryl methyl sites for hydroxylation is 1. The quantitative estimate of drug-likeness (QED) is 0.878. The molecule has 0 saturated carbocycles. The van der Waals surface area contributed by atoms with Gasteiger partial charge in [0.25, 0.3) is 0 Å². The first kappa shape index (κ1) is 15.9. The molecule has 1 aliphatic heterocycles. The van der Waals surface area contributed by atoms with Gasteiger partial charge in [-0.1, -0.05) is 31.2 Å². The summed E-state index contributed by atoms with van der Waals surface area (Å²) in [6, 6.07) is 13.9. The van der Waals surface area contributed by atoms with Gasteiger partial charge in [0.2, 0.25) is 0 Å². The fourth-order valence-corrected chi connectivity index (χ4v) is 2.70. The van der Waals surface area contributed by atoms with Gasteiger partial charge < -0.3 is 10.1 Å². The fourth-order valence-electron chi connectivity index (χ4n) is 2.70. The summed E-state index contributed by atoms with van der Waals surface area (Å²) < 4.78 is 4.80. The molecule has 0 saturated heterocycles. The van der Waals surface area contributed by atoms with Crippen molar-refractivity contribution in [2.75, 3.05) is 12.4 Å². The van der Waals surface area contributed by atoms with Gasteiger partial charge in [0.05, 0.1) is 12.8 Å². The number of benzene rings is 2. The topological polar surface area (TPSA) is 67.8 Å². The molecule has 1 aliphatic rings. The van der Waals surface area contributed by atoms with Crippen LogP contribution < -0.4 is 5.32 Å². The molecule has 2 aromatic rings. The molecule has 2 aromatic carbocycles. The number of hydrogen-bond donors (Lipinski definition) is 1. The number of nitrogens with zero attached hydrogens (tertiary/aromatic N) is 1. The van der Waals surface area contributed by atoms with Gasteiger partial charge in [0.15, 0.2) is 11.5 Å². The molecule has 1 N–H and O–H groups in total. The molecule has 0 amide bonds. The third kappa shape index (κ3) is 2.93. The van der Waals surface area contributed by atoms with Crippen LogP contribution in [0, 0.1) is 0 Å². The molecular formula is C19H18N2O3. The van der Waals surface area contributed by atoms with Gasteiger partial charge in [-0.2, -0.15) is 0 Å². The maximum atomic E-state index is 12.9. The van der Waals surface area contributed by atoms with Crippen molar-refractivity contribution in [3.8, 4) is 0 Å². The van der Waals surface area contributed by atoms with Crippen molar-refractivity contribution in [2.45, 2.75) is 19.4 Å². The largest absolute Gasteiger partial charge is 0.464 e. The van der Waals surface area contributed by atoms with Crippen molar-refractivity contribution in [1.29, 1.82) is 0 Å². The Morgan fingerprint density at radius 3 is 2.75 bits per heavy atom. The number of Topliss-reactive ketones (excluding diaryl/α,β-unsaturated/α-hetero) is 1. The number of ether oxygens (including phenoxy) is 1. The predicted octanol–water partition coefficient (Wildman–Crippen LogP) is 3.17. The lowest BCUT2D eigenvalue weighted by molar-refractivity contribution is -0.132. The summed E-state index contributed by atoms with van der Waals surface area (Å²) in [5.41, 5.74) is 2.96. The van der Waals surface area contributed by atoms with Gasteiger partial charge in [0.1, 0.15) is 6.04 Å². The highest BCUT2D eigenvalue weighted by Gasteiger charge is 2.35. The van der Waals surface area contributed by atoms with Crippen molar-refractivity contribution in [2.24, 2.45) is 4.99 Å². The number of anilines is 1. The van der Waals surface area contributed by atoms with Gasteiger partial charge in [-0.05, 0) is 36.2 Å². The third-order valence-corrected chi connectivity index (χ3v) is 3.99. The SMILES string of the molecule is CCc1cccc(NC2C(=O)c3ccccc3N=C2C(=O)OC)c1. The first-order valence-corrected chi connectivity index (χ1v) is 7.79. The number of carbonyl (C=O) groups excluding carboxylic acids is 2. The van der Waals surface area contributed by atoms with Crippen LogP contribution >= 0.6 is 0 Å². The summed E-state index contributed by atoms with van der Waals surface area (Å²) in [7, 11) is 1.28. The molecule has 1 atom stereocenters. The summed E-state index contributed by atoms with van der Waals surface area (Å²) in [5.74, 6) is -0.801. The smallest absolute Gasteiger partial charge is 0.355 e. The molecule has 1 heterocycles. The van der Waals surface area contributed by atoms with Crippen molar-refractivity contribution in [3.05, 3.63) is 59.7 Å². The number of fused-ring (bicyclic) bond motifs is 1. The Morgan fingerprint density at radius 1 is 1.21 bits per heavy atom. The molecule has 122 valence electrons. The zero-order valence-corrected chi connectivity index (χ0v) is 13.6. The number of esters is 1. The van der Waals surface area contributed by atoms with Crippen LogP contribution in [0.4, 0.5) is 11.4 Å². The van der Waals surface area contributed by atoms with E-state index < -0.39 is 12.0 Å². The van der Waals surface area contributed by atoms with E-state index in [1.165, 1.54) is 7.11 Å². The number of hydrogen-bond acceptors (Lipinski definition) is 5. The number of aliphatic imine (C=N–C) groups is 1. The minimum atomic E-state index is -0.862. The van der Waals surface area contributed by atoms with Crippen LogP contribution in [-0.4, -0.2) is 30.6 Å². The maximum absolute atomic E-state index is 12.9. The second-order valence-corrected chi connectivity index (χ2v) is 5.50. The van der Waals surface area contributed by atoms with E-state index in [0.717, 1.165) is 17.7 Å². The van der Waals surface area contributed by atoms with Crippen molar-refractivity contribution in [1.82, 2.24) is 0 Å². The minimum Gasteiger partial charge on any atom is -0.464 e. The van der Waals surface area contributed by atoms with E-state index in [9.17, 15) is 9.59 Å². The summed E-state index contributed by atoms with van der Waals surface area (Å²) in [5, 5.41) is 3.13. The average Bonchev–Trinajstić information content (AvgIpc) is 2.63. The van der Waals surface area contributed by atoms with Crippen molar-refractivity contribution >= 4 is 28.8 Å². The molecule has 0 fully saturated rings. The van der Waals surface area contributed by atoms with Gasteiger partial charge in [-0.25, -0.2) is 9.79 Å². The first-order valence-electron chi connectivity index (χ1n) is 7.79. The number of rotatable bonds is 4. The van der Waals surface area contributed by atoms with Gasteiger partial charge in [0, 0.05) is 11.3 Å². The second-order valence-electron chi connectivity index (χ2n) is 5.50. The Morgan fingerprint density at radius 2 is 2.00 bits per heavy atom. The van der Waals surface area contributed by atoms with Crippen LogP contribution in [0.15, 0.2) is 53.5 Å². The minimum absolute atomic E-state index is 0.0723. The van der Waals surface area contributed by atoms with Crippen LogP contribution in [0.3, 0.4) is 0 Å². The van der Waals surface area contributed by atoms with E-state index in [4.69, 9.17) is 4.74 Å². The highest BCUT2D eigenvalue weighted by Crippen LogP contribution is 2.27.